The molecule has 0 bridgehead atoms. The largest absolute Gasteiger partial charge is 0.335 e. The van der Waals surface area contributed by atoms with Crippen LogP contribution in [-0.4, -0.2) is 16.8 Å². The molecule has 2 aromatic rings. The molecule has 4 heteroatoms. The van der Waals surface area contributed by atoms with E-state index < -0.39 is 0 Å². The molecule has 0 aliphatic heterocycles. The Balaban J connectivity index is 1.46. The summed E-state index contributed by atoms with van der Waals surface area (Å²) in [5, 5.41) is 0. The van der Waals surface area contributed by atoms with Crippen LogP contribution < -0.4 is 0 Å². The SMILES string of the molecule is O=C(C1CC1c1ccc(F)cc1)N(Cc1cccc(F)c1)C1CC1. The second kappa shape index (κ2) is 6.00. The molecule has 0 saturated heterocycles. The molecule has 0 spiro atoms. The second-order valence-corrected chi connectivity index (χ2v) is 6.83. The molecule has 4 rings (SSSR count). The smallest absolute Gasteiger partial charge is 0.226 e. The molecule has 0 heterocycles. The first-order valence-corrected chi connectivity index (χ1v) is 8.42. The molecule has 0 radical (unpaired) electrons. The van der Waals surface area contributed by atoms with E-state index in [1.54, 1.807) is 18.2 Å². The number of nitrogens with zero attached hydrogens (tertiary/aromatic N) is 1. The molecular formula is C20H19F2NO. The molecule has 2 atom stereocenters. The first-order chi connectivity index (χ1) is 11.6. The number of halogens is 2. The van der Waals surface area contributed by atoms with Crippen LogP contribution in [0.3, 0.4) is 0 Å². The summed E-state index contributed by atoms with van der Waals surface area (Å²) in [7, 11) is 0. The summed E-state index contributed by atoms with van der Waals surface area (Å²) in [6, 6.07) is 13.2. The number of rotatable bonds is 5. The zero-order valence-electron chi connectivity index (χ0n) is 13.3. The van der Waals surface area contributed by atoms with Crippen LogP contribution in [0.15, 0.2) is 48.5 Å². The van der Waals surface area contributed by atoms with Crippen molar-refractivity contribution in [2.24, 2.45) is 5.92 Å². The Morgan fingerprint density at radius 1 is 1.04 bits per heavy atom. The standard InChI is InChI=1S/C20H19F2NO/c21-15-6-4-14(5-7-15)18-11-19(18)20(24)23(17-8-9-17)12-13-2-1-3-16(22)10-13/h1-7,10,17-19H,8-9,11-12H2. The Hall–Kier alpha value is -2.23. The molecule has 124 valence electrons. The molecule has 0 aromatic heterocycles. The van der Waals surface area contributed by atoms with E-state index in [-0.39, 0.29) is 35.4 Å². The van der Waals surface area contributed by atoms with Crippen molar-refractivity contribution in [1.29, 1.82) is 0 Å². The molecule has 1 amide bonds. The minimum Gasteiger partial charge on any atom is -0.335 e. The van der Waals surface area contributed by atoms with Crippen molar-refractivity contribution in [2.45, 2.75) is 37.8 Å². The number of carbonyl (C=O) groups is 1. The monoisotopic (exact) mass is 327 g/mol. The highest BCUT2D eigenvalue weighted by molar-refractivity contribution is 5.83. The van der Waals surface area contributed by atoms with Gasteiger partial charge in [0.1, 0.15) is 11.6 Å². The molecule has 2 fully saturated rings. The van der Waals surface area contributed by atoms with Crippen molar-refractivity contribution in [2.75, 3.05) is 0 Å². The molecule has 2 aromatic carbocycles. The van der Waals surface area contributed by atoms with Crippen LogP contribution in [0.1, 0.15) is 36.3 Å². The topological polar surface area (TPSA) is 20.3 Å². The maximum absolute atomic E-state index is 13.4. The van der Waals surface area contributed by atoms with E-state index in [2.05, 4.69) is 0 Å². The number of amides is 1. The van der Waals surface area contributed by atoms with Gasteiger partial charge in [-0.25, -0.2) is 8.78 Å². The van der Waals surface area contributed by atoms with E-state index in [4.69, 9.17) is 0 Å². The van der Waals surface area contributed by atoms with Crippen LogP contribution in [0.5, 0.6) is 0 Å². The molecule has 24 heavy (non-hydrogen) atoms. The molecular weight excluding hydrogens is 308 g/mol. The van der Waals surface area contributed by atoms with Gasteiger partial charge in [-0.3, -0.25) is 4.79 Å². The van der Waals surface area contributed by atoms with Gasteiger partial charge in [0.05, 0.1) is 0 Å². The van der Waals surface area contributed by atoms with Crippen molar-refractivity contribution in [1.82, 2.24) is 4.90 Å². The van der Waals surface area contributed by atoms with Gasteiger partial charge in [-0.05, 0) is 60.6 Å². The van der Waals surface area contributed by atoms with Gasteiger partial charge in [-0.1, -0.05) is 24.3 Å². The first kappa shape index (κ1) is 15.3. The van der Waals surface area contributed by atoms with Gasteiger partial charge in [0.25, 0.3) is 0 Å². The summed E-state index contributed by atoms with van der Waals surface area (Å²) in [6.45, 7) is 0.466. The second-order valence-electron chi connectivity index (χ2n) is 6.83. The normalized spacial score (nSPS) is 22.2. The van der Waals surface area contributed by atoms with Crippen LogP contribution >= 0.6 is 0 Å². The van der Waals surface area contributed by atoms with E-state index >= 15 is 0 Å². The fourth-order valence-electron chi connectivity index (χ4n) is 3.36. The highest BCUT2D eigenvalue weighted by atomic mass is 19.1. The third kappa shape index (κ3) is 3.18. The summed E-state index contributed by atoms with van der Waals surface area (Å²) in [4.78, 5) is 14.8. The highest BCUT2D eigenvalue weighted by Crippen LogP contribution is 2.49. The summed E-state index contributed by atoms with van der Waals surface area (Å²) in [5.74, 6) is -0.216. The third-order valence-electron chi connectivity index (χ3n) is 4.92. The fourth-order valence-corrected chi connectivity index (χ4v) is 3.36. The lowest BCUT2D eigenvalue weighted by atomic mass is 10.1. The average molecular weight is 327 g/mol. The van der Waals surface area contributed by atoms with Crippen molar-refractivity contribution >= 4 is 5.91 Å². The van der Waals surface area contributed by atoms with Gasteiger partial charge >= 0.3 is 0 Å². The highest BCUT2D eigenvalue weighted by Gasteiger charge is 2.48. The number of benzene rings is 2. The molecule has 2 saturated carbocycles. The molecule has 2 aliphatic carbocycles. The van der Waals surface area contributed by atoms with E-state index in [1.807, 2.05) is 11.0 Å². The van der Waals surface area contributed by atoms with Crippen LogP contribution in [0, 0.1) is 17.6 Å². The number of hydrogen-bond acceptors (Lipinski definition) is 1. The Morgan fingerprint density at radius 3 is 2.46 bits per heavy atom. The van der Waals surface area contributed by atoms with Crippen LogP contribution in [0.2, 0.25) is 0 Å². The van der Waals surface area contributed by atoms with Crippen LogP contribution in [0.25, 0.3) is 0 Å². The Labute approximate surface area is 140 Å². The van der Waals surface area contributed by atoms with Gasteiger partial charge < -0.3 is 4.90 Å². The summed E-state index contributed by atoms with van der Waals surface area (Å²) >= 11 is 0. The quantitative estimate of drug-likeness (QED) is 0.803. The van der Waals surface area contributed by atoms with E-state index in [9.17, 15) is 13.6 Å². The van der Waals surface area contributed by atoms with E-state index in [1.165, 1.54) is 24.3 Å². The van der Waals surface area contributed by atoms with Crippen molar-refractivity contribution in [3.05, 3.63) is 71.3 Å². The lowest BCUT2D eigenvalue weighted by Gasteiger charge is -2.23. The zero-order chi connectivity index (χ0) is 16.7. The van der Waals surface area contributed by atoms with Gasteiger partial charge in [-0.2, -0.15) is 0 Å². The van der Waals surface area contributed by atoms with E-state index in [0.717, 1.165) is 30.4 Å². The maximum atomic E-state index is 13.4. The van der Waals surface area contributed by atoms with Gasteiger partial charge in [-0.15, -0.1) is 0 Å². The predicted molar refractivity (Wildman–Crippen MR) is 87.2 cm³/mol. The Kier molecular flexibility index (Phi) is 3.83. The zero-order valence-corrected chi connectivity index (χ0v) is 13.3. The van der Waals surface area contributed by atoms with Gasteiger partial charge in [0, 0.05) is 18.5 Å². The molecule has 2 aliphatic rings. The molecule has 0 N–H and O–H groups in total. The third-order valence-corrected chi connectivity index (χ3v) is 4.92. The Bertz CT molecular complexity index is 754. The maximum Gasteiger partial charge on any atom is 0.226 e. The summed E-state index contributed by atoms with van der Waals surface area (Å²) in [5.41, 5.74) is 1.85. The van der Waals surface area contributed by atoms with Gasteiger partial charge in [0.2, 0.25) is 5.91 Å². The predicted octanol–water partition coefficient (Wildman–Crippen LogP) is 4.26. The first-order valence-electron chi connectivity index (χ1n) is 8.42. The van der Waals surface area contributed by atoms with E-state index in [0.29, 0.717) is 6.54 Å². The van der Waals surface area contributed by atoms with Crippen molar-refractivity contribution < 1.29 is 13.6 Å². The average Bonchev–Trinajstić information content (AvgIpc) is 3.46. The lowest BCUT2D eigenvalue weighted by molar-refractivity contribution is -0.133. The summed E-state index contributed by atoms with van der Waals surface area (Å²) in [6.07, 6.45) is 2.86. The van der Waals surface area contributed by atoms with Crippen LogP contribution in [-0.2, 0) is 11.3 Å². The van der Waals surface area contributed by atoms with Gasteiger partial charge in [0.15, 0.2) is 0 Å². The fraction of sp³-hybridized carbons (Fsp3) is 0.350. The summed E-state index contributed by atoms with van der Waals surface area (Å²) < 4.78 is 26.4. The minimum atomic E-state index is -0.272. The molecule has 2 unspecified atom stereocenters. The Morgan fingerprint density at radius 2 is 1.79 bits per heavy atom. The number of carbonyl (C=O) groups excluding carboxylic acids is 1. The molecule has 2 nitrogen and oxygen atoms in total. The number of hydrogen-bond donors (Lipinski definition) is 0. The lowest BCUT2D eigenvalue weighted by Crippen LogP contribution is -2.34. The minimum absolute atomic E-state index is 0.0235. The van der Waals surface area contributed by atoms with Crippen molar-refractivity contribution in [3.8, 4) is 0 Å². The van der Waals surface area contributed by atoms with Crippen molar-refractivity contribution in [3.63, 3.8) is 0 Å². The van der Waals surface area contributed by atoms with Crippen LogP contribution in [0.4, 0.5) is 8.78 Å².